The summed E-state index contributed by atoms with van der Waals surface area (Å²) in [7, 11) is 0. The number of carbonyl (C=O) groups is 4. The van der Waals surface area contributed by atoms with Crippen molar-refractivity contribution >= 4 is 29.5 Å². The topological polar surface area (TPSA) is 131 Å². The first-order valence-electron chi connectivity index (χ1n) is 8.33. The van der Waals surface area contributed by atoms with Crippen LogP contribution in [0.4, 0.5) is 10.5 Å². The predicted octanol–water partition coefficient (Wildman–Crippen LogP) is 0.143. The van der Waals surface area contributed by atoms with Gasteiger partial charge in [0, 0.05) is 24.3 Å². The first-order valence-corrected chi connectivity index (χ1v) is 8.33. The number of ether oxygens (including phenoxy) is 1. The SMILES string of the molecule is CCOC(=O)CCNC(=O)N[C@H]1CCN(c2ccc(C(N)=O)cc2)C1=O. The van der Waals surface area contributed by atoms with Gasteiger partial charge in [0.2, 0.25) is 11.8 Å². The first kappa shape index (κ1) is 19.2. The highest BCUT2D eigenvalue weighted by Crippen LogP contribution is 2.22. The van der Waals surface area contributed by atoms with Crippen LogP contribution >= 0.6 is 0 Å². The number of urea groups is 1. The number of carbonyl (C=O) groups excluding carboxylic acids is 4. The molecule has 9 heteroatoms. The van der Waals surface area contributed by atoms with Gasteiger partial charge in [-0.1, -0.05) is 0 Å². The molecule has 1 aliphatic heterocycles. The molecule has 140 valence electrons. The fourth-order valence-electron chi connectivity index (χ4n) is 2.60. The summed E-state index contributed by atoms with van der Waals surface area (Å²) >= 11 is 0. The summed E-state index contributed by atoms with van der Waals surface area (Å²) < 4.78 is 4.76. The Balaban J connectivity index is 1.83. The number of esters is 1. The molecule has 4 amide bonds. The van der Waals surface area contributed by atoms with E-state index in [1.54, 1.807) is 31.2 Å². The lowest BCUT2D eigenvalue weighted by molar-refractivity contribution is -0.142. The van der Waals surface area contributed by atoms with Crippen molar-refractivity contribution in [3.05, 3.63) is 29.8 Å². The van der Waals surface area contributed by atoms with Gasteiger partial charge in [-0.2, -0.15) is 0 Å². The fraction of sp³-hybridized carbons (Fsp3) is 0.412. The Morgan fingerprint density at radius 2 is 1.96 bits per heavy atom. The molecule has 1 aromatic carbocycles. The smallest absolute Gasteiger partial charge is 0.315 e. The quantitative estimate of drug-likeness (QED) is 0.594. The predicted molar refractivity (Wildman–Crippen MR) is 93.5 cm³/mol. The van der Waals surface area contributed by atoms with Crippen LogP contribution in [-0.4, -0.2) is 49.6 Å². The molecular formula is C17H22N4O5. The van der Waals surface area contributed by atoms with Crippen molar-refractivity contribution in [3.8, 4) is 0 Å². The van der Waals surface area contributed by atoms with Crippen molar-refractivity contribution in [3.63, 3.8) is 0 Å². The zero-order chi connectivity index (χ0) is 19.1. The number of amides is 4. The molecule has 0 radical (unpaired) electrons. The standard InChI is InChI=1S/C17H22N4O5/c1-2-26-14(22)7-9-19-17(25)20-13-8-10-21(16(13)24)12-5-3-11(4-6-12)15(18)23/h3-6,13H,2,7-10H2,1H3,(H2,18,23)(H2,19,20,25)/t13-/m0/s1. The van der Waals surface area contributed by atoms with Crippen LogP contribution in [0.1, 0.15) is 30.1 Å². The number of benzene rings is 1. The second kappa shape index (κ2) is 8.84. The molecule has 0 unspecified atom stereocenters. The average molecular weight is 362 g/mol. The molecule has 1 saturated heterocycles. The molecule has 0 aromatic heterocycles. The highest BCUT2D eigenvalue weighted by atomic mass is 16.5. The van der Waals surface area contributed by atoms with E-state index in [9.17, 15) is 19.2 Å². The van der Waals surface area contributed by atoms with Crippen molar-refractivity contribution in [2.75, 3.05) is 24.6 Å². The van der Waals surface area contributed by atoms with Gasteiger partial charge in [-0.05, 0) is 37.6 Å². The van der Waals surface area contributed by atoms with Crippen LogP contribution in [0, 0.1) is 0 Å². The zero-order valence-corrected chi connectivity index (χ0v) is 14.5. The summed E-state index contributed by atoms with van der Waals surface area (Å²) in [5.74, 6) is -1.17. The summed E-state index contributed by atoms with van der Waals surface area (Å²) in [6.45, 7) is 2.57. The normalized spacial score (nSPS) is 16.3. The van der Waals surface area contributed by atoms with Crippen LogP contribution in [-0.2, 0) is 14.3 Å². The van der Waals surface area contributed by atoms with Gasteiger partial charge in [-0.15, -0.1) is 0 Å². The molecule has 1 aromatic rings. The highest BCUT2D eigenvalue weighted by Gasteiger charge is 2.33. The third-order valence-electron chi connectivity index (χ3n) is 3.89. The number of hydrogen-bond acceptors (Lipinski definition) is 5. The Bertz CT molecular complexity index is 689. The lowest BCUT2D eigenvalue weighted by atomic mass is 10.2. The second-order valence-corrected chi connectivity index (χ2v) is 5.70. The molecule has 1 atom stereocenters. The van der Waals surface area contributed by atoms with E-state index >= 15 is 0 Å². The largest absolute Gasteiger partial charge is 0.466 e. The zero-order valence-electron chi connectivity index (χ0n) is 14.5. The van der Waals surface area contributed by atoms with E-state index in [0.29, 0.717) is 24.2 Å². The Morgan fingerprint density at radius 3 is 2.58 bits per heavy atom. The summed E-state index contributed by atoms with van der Waals surface area (Å²) in [6, 6.07) is 5.22. The number of hydrogen-bond donors (Lipinski definition) is 3. The monoisotopic (exact) mass is 362 g/mol. The molecule has 26 heavy (non-hydrogen) atoms. The molecule has 4 N–H and O–H groups in total. The first-order chi connectivity index (χ1) is 12.4. The number of rotatable bonds is 7. The van der Waals surface area contributed by atoms with Crippen molar-refractivity contribution in [2.45, 2.75) is 25.8 Å². The Labute approximate surface area is 150 Å². The van der Waals surface area contributed by atoms with Gasteiger partial charge in [-0.25, -0.2) is 4.79 Å². The van der Waals surface area contributed by atoms with E-state index in [0.717, 1.165) is 0 Å². The molecular weight excluding hydrogens is 340 g/mol. The van der Waals surface area contributed by atoms with Crippen molar-refractivity contribution in [1.29, 1.82) is 0 Å². The van der Waals surface area contributed by atoms with Crippen LogP contribution in [0.3, 0.4) is 0 Å². The summed E-state index contributed by atoms with van der Waals surface area (Å²) in [5, 5.41) is 5.12. The Morgan fingerprint density at radius 1 is 1.27 bits per heavy atom. The minimum atomic E-state index is -0.645. The maximum absolute atomic E-state index is 12.4. The molecule has 1 aliphatic rings. The minimum Gasteiger partial charge on any atom is -0.466 e. The lowest BCUT2D eigenvalue weighted by Crippen LogP contribution is -2.46. The van der Waals surface area contributed by atoms with Crippen LogP contribution in [0.25, 0.3) is 0 Å². The van der Waals surface area contributed by atoms with Crippen LogP contribution in [0.5, 0.6) is 0 Å². The molecule has 2 rings (SSSR count). The minimum absolute atomic E-state index is 0.0677. The van der Waals surface area contributed by atoms with Gasteiger partial charge < -0.3 is 26.0 Å². The van der Waals surface area contributed by atoms with Gasteiger partial charge in [0.15, 0.2) is 0 Å². The van der Waals surface area contributed by atoms with Crippen LogP contribution in [0.15, 0.2) is 24.3 Å². The maximum atomic E-state index is 12.4. The van der Waals surface area contributed by atoms with E-state index in [4.69, 9.17) is 10.5 Å². The summed E-state index contributed by atoms with van der Waals surface area (Å²) in [5.41, 5.74) is 6.18. The van der Waals surface area contributed by atoms with Crippen molar-refractivity contribution < 1.29 is 23.9 Å². The van der Waals surface area contributed by atoms with Crippen LogP contribution < -0.4 is 21.3 Å². The molecule has 9 nitrogen and oxygen atoms in total. The molecule has 0 bridgehead atoms. The Hall–Kier alpha value is -3.10. The highest BCUT2D eigenvalue weighted by molar-refractivity contribution is 6.01. The third kappa shape index (κ3) is 4.95. The van der Waals surface area contributed by atoms with Crippen LogP contribution in [0.2, 0.25) is 0 Å². The van der Waals surface area contributed by atoms with Gasteiger partial charge in [-0.3, -0.25) is 14.4 Å². The van der Waals surface area contributed by atoms with Gasteiger partial charge in [0.05, 0.1) is 13.0 Å². The van der Waals surface area contributed by atoms with Gasteiger partial charge in [0.1, 0.15) is 6.04 Å². The van der Waals surface area contributed by atoms with Gasteiger partial charge in [0.25, 0.3) is 0 Å². The molecule has 1 heterocycles. The molecule has 0 saturated carbocycles. The molecule has 0 aliphatic carbocycles. The number of nitrogens with zero attached hydrogens (tertiary/aromatic N) is 1. The number of nitrogens with two attached hydrogens (primary N) is 1. The molecule has 0 spiro atoms. The number of primary amides is 1. The van der Waals surface area contributed by atoms with E-state index in [1.807, 2.05) is 0 Å². The number of anilines is 1. The maximum Gasteiger partial charge on any atom is 0.315 e. The van der Waals surface area contributed by atoms with Gasteiger partial charge >= 0.3 is 12.0 Å². The van der Waals surface area contributed by atoms with E-state index in [-0.39, 0.29) is 25.5 Å². The van der Waals surface area contributed by atoms with E-state index < -0.39 is 23.9 Å². The van der Waals surface area contributed by atoms with E-state index in [1.165, 1.54) is 4.90 Å². The van der Waals surface area contributed by atoms with E-state index in [2.05, 4.69) is 10.6 Å². The van der Waals surface area contributed by atoms with Crippen molar-refractivity contribution in [2.24, 2.45) is 5.73 Å². The summed E-state index contributed by atoms with van der Waals surface area (Å²) in [6.07, 6.45) is 0.528. The lowest BCUT2D eigenvalue weighted by Gasteiger charge is -2.17. The Kier molecular flexibility index (Phi) is 6.54. The third-order valence-corrected chi connectivity index (χ3v) is 3.89. The fourth-order valence-corrected chi connectivity index (χ4v) is 2.60. The average Bonchev–Trinajstić information content (AvgIpc) is 2.96. The van der Waals surface area contributed by atoms with Crippen molar-refractivity contribution in [1.82, 2.24) is 10.6 Å². The molecule has 1 fully saturated rings. The summed E-state index contributed by atoms with van der Waals surface area (Å²) in [4.78, 5) is 48.1. The number of nitrogens with one attached hydrogen (secondary N) is 2. The second-order valence-electron chi connectivity index (χ2n) is 5.70.